The molecule has 1 aromatic heterocycles. The first kappa shape index (κ1) is 13.3. The van der Waals surface area contributed by atoms with Crippen molar-refractivity contribution in [2.45, 2.75) is 25.7 Å². The van der Waals surface area contributed by atoms with Gasteiger partial charge in [-0.3, -0.25) is 0 Å². The predicted molar refractivity (Wildman–Crippen MR) is 84.8 cm³/mol. The molecular formula is C15H17BrN2S. The molecule has 0 radical (unpaired) electrons. The molecule has 100 valence electrons. The van der Waals surface area contributed by atoms with Crippen molar-refractivity contribution >= 4 is 27.3 Å². The van der Waals surface area contributed by atoms with E-state index >= 15 is 0 Å². The lowest BCUT2D eigenvalue weighted by Crippen LogP contribution is -2.28. The fraction of sp³-hybridized carbons (Fsp3) is 0.400. The molecule has 19 heavy (non-hydrogen) atoms. The van der Waals surface area contributed by atoms with Gasteiger partial charge in [0, 0.05) is 27.4 Å². The average Bonchev–Trinajstić information content (AvgIpc) is 2.82. The number of aromatic nitrogens is 1. The largest absolute Gasteiger partial charge is 0.316 e. The van der Waals surface area contributed by atoms with E-state index in [4.69, 9.17) is 4.98 Å². The second kappa shape index (κ2) is 5.73. The van der Waals surface area contributed by atoms with Crippen LogP contribution >= 0.6 is 27.3 Å². The fourth-order valence-electron chi connectivity index (χ4n) is 2.61. The lowest BCUT2D eigenvalue weighted by molar-refractivity contribution is 0.464. The minimum Gasteiger partial charge on any atom is -0.316 e. The Kier molecular flexibility index (Phi) is 4.01. The van der Waals surface area contributed by atoms with E-state index in [1.54, 1.807) is 0 Å². The van der Waals surface area contributed by atoms with Gasteiger partial charge in [0.15, 0.2) is 0 Å². The van der Waals surface area contributed by atoms with Gasteiger partial charge in [0.2, 0.25) is 0 Å². The molecule has 2 aromatic rings. The Balaban J connectivity index is 1.92. The van der Waals surface area contributed by atoms with E-state index in [2.05, 4.69) is 52.4 Å². The summed E-state index contributed by atoms with van der Waals surface area (Å²) in [6.45, 7) is 4.40. The Labute approximate surface area is 126 Å². The summed E-state index contributed by atoms with van der Waals surface area (Å²) in [5.41, 5.74) is 2.41. The molecule has 0 spiro atoms. The van der Waals surface area contributed by atoms with Gasteiger partial charge in [-0.25, -0.2) is 4.98 Å². The van der Waals surface area contributed by atoms with Crippen LogP contribution < -0.4 is 5.32 Å². The van der Waals surface area contributed by atoms with Gasteiger partial charge in [-0.2, -0.15) is 0 Å². The van der Waals surface area contributed by atoms with Gasteiger partial charge in [0.25, 0.3) is 0 Å². The monoisotopic (exact) mass is 336 g/mol. The van der Waals surface area contributed by atoms with Crippen LogP contribution in [-0.2, 0) is 0 Å². The van der Waals surface area contributed by atoms with Crippen LogP contribution in [-0.4, -0.2) is 18.1 Å². The molecule has 4 heteroatoms. The molecule has 2 heterocycles. The molecule has 0 amide bonds. The highest BCUT2D eigenvalue weighted by Gasteiger charge is 2.20. The van der Waals surface area contributed by atoms with E-state index in [-0.39, 0.29) is 0 Å². The molecule has 1 N–H and O–H groups in total. The van der Waals surface area contributed by atoms with Crippen LogP contribution in [0.2, 0.25) is 0 Å². The Hall–Kier alpha value is -0.710. The SMILES string of the molecule is Cc1nc(-c2cccc(Br)c2)sc1C1CCCNC1. The Morgan fingerprint density at radius 3 is 3.05 bits per heavy atom. The molecule has 1 fully saturated rings. The Morgan fingerprint density at radius 2 is 2.32 bits per heavy atom. The van der Waals surface area contributed by atoms with Gasteiger partial charge >= 0.3 is 0 Å². The molecule has 0 bridgehead atoms. The van der Waals surface area contributed by atoms with Crippen molar-refractivity contribution in [3.63, 3.8) is 0 Å². The smallest absolute Gasteiger partial charge is 0.123 e. The normalized spacial score (nSPS) is 19.6. The van der Waals surface area contributed by atoms with E-state index in [0.717, 1.165) is 22.6 Å². The van der Waals surface area contributed by atoms with Crippen molar-refractivity contribution in [3.8, 4) is 10.6 Å². The van der Waals surface area contributed by atoms with E-state index in [0.29, 0.717) is 5.92 Å². The van der Waals surface area contributed by atoms with Crippen molar-refractivity contribution in [3.05, 3.63) is 39.3 Å². The first-order valence-electron chi connectivity index (χ1n) is 6.68. The molecule has 1 aliphatic heterocycles. The van der Waals surface area contributed by atoms with Crippen LogP contribution in [0.4, 0.5) is 0 Å². The molecule has 1 aliphatic rings. The predicted octanol–water partition coefficient (Wildman–Crippen LogP) is 4.35. The summed E-state index contributed by atoms with van der Waals surface area (Å²) in [5, 5.41) is 4.63. The van der Waals surface area contributed by atoms with Gasteiger partial charge in [0.05, 0.1) is 5.69 Å². The van der Waals surface area contributed by atoms with E-state index in [1.165, 1.54) is 29.0 Å². The van der Waals surface area contributed by atoms with Crippen LogP contribution in [0.25, 0.3) is 10.6 Å². The molecule has 0 aliphatic carbocycles. The summed E-state index contributed by atoms with van der Waals surface area (Å²) in [6.07, 6.45) is 2.56. The minimum atomic E-state index is 0.646. The van der Waals surface area contributed by atoms with Crippen LogP contribution in [0.15, 0.2) is 28.7 Å². The van der Waals surface area contributed by atoms with Gasteiger partial charge in [-0.1, -0.05) is 28.1 Å². The highest BCUT2D eigenvalue weighted by molar-refractivity contribution is 9.10. The average molecular weight is 337 g/mol. The number of thiazole rings is 1. The van der Waals surface area contributed by atoms with E-state index in [9.17, 15) is 0 Å². The summed E-state index contributed by atoms with van der Waals surface area (Å²) in [5.74, 6) is 0.646. The van der Waals surface area contributed by atoms with E-state index in [1.807, 2.05) is 11.3 Å². The zero-order valence-corrected chi connectivity index (χ0v) is 13.4. The molecule has 3 rings (SSSR count). The second-order valence-electron chi connectivity index (χ2n) is 5.02. The number of halogens is 1. The molecule has 1 aromatic carbocycles. The van der Waals surface area contributed by atoms with Crippen LogP contribution in [0, 0.1) is 6.92 Å². The number of hydrogen-bond acceptors (Lipinski definition) is 3. The van der Waals surface area contributed by atoms with E-state index < -0.39 is 0 Å². The third-order valence-electron chi connectivity index (χ3n) is 3.57. The fourth-order valence-corrected chi connectivity index (χ4v) is 4.20. The number of rotatable bonds is 2. The number of benzene rings is 1. The number of aryl methyl sites for hydroxylation is 1. The summed E-state index contributed by atoms with van der Waals surface area (Å²) in [6, 6.07) is 8.39. The third kappa shape index (κ3) is 2.91. The lowest BCUT2D eigenvalue weighted by atomic mass is 9.97. The number of nitrogens with zero attached hydrogens (tertiary/aromatic N) is 1. The second-order valence-corrected chi connectivity index (χ2v) is 6.97. The summed E-state index contributed by atoms with van der Waals surface area (Å²) < 4.78 is 1.11. The standard InChI is InChI=1S/C15H17BrN2S/c1-10-14(12-5-3-7-17-9-12)19-15(18-10)11-4-2-6-13(16)8-11/h2,4,6,8,12,17H,3,5,7,9H2,1H3. The lowest BCUT2D eigenvalue weighted by Gasteiger charge is -2.21. The quantitative estimate of drug-likeness (QED) is 0.881. The van der Waals surface area contributed by atoms with Crippen molar-refractivity contribution in [1.82, 2.24) is 10.3 Å². The molecule has 1 unspecified atom stereocenters. The molecule has 1 atom stereocenters. The summed E-state index contributed by atoms with van der Waals surface area (Å²) in [4.78, 5) is 6.23. The maximum Gasteiger partial charge on any atom is 0.123 e. The number of nitrogens with one attached hydrogen (secondary N) is 1. The minimum absolute atomic E-state index is 0.646. The molecule has 0 saturated carbocycles. The molecular weight excluding hydrogens is 320 g/mol. The molecule has 2 nitrogen and oxygen atoms in total. The maximum atomic E-state index is 4.77. The highest BCUT2D eigenvalue weighted by Crippen LogP contribution is 2.35. The summed E-state index contributed by atoms with van der Waals surface area (Å²) in [7, 11) is 0. The van der Waals surface area contributed by atoms with Crippen molar-refractivity contribution in [1.29, 1.82) is 0 Å². The topological polar surface area (TPSA) is 24.9 Å². The molecule has 1 saturated heterocycles. The number of piperidine rings is 1. The maximum absolute atomic E-state index is 4.77. The van der Waals surface area contributed by atoms with Crippen LogP contribution in [0.5, 0.6) is 0 Å². The van der Waals surface area contributed by atoms with Gasteiger partial charge in [-0.05, 0) is 38.4 Å². The zero-order chi connectivity index (χ0) is 13.2. The van der Waals surface area contributed by atoms with Crippen LogP contribution in [0.1, 0.15) is 29.3 Å². The highest BCUT2D eigenvalue weighted by atomic mass is 79.9. The Morgan fingerprint density at radius 1 is 1.42 bits per heavy atom. The van der Waals surface area contributed by atoms with Gasteiger partial charge < -0.3 is 5.32 Å². The van der Waals surface area contributed by atoms with Crippen molar-refractivity contribution in [2.75, 3.05) is 13.1 Å². The van der Waals surface area contributed by atoms with Crippen molar-refractivity contribution < 1.29 is 0 Å². The third-order valence-corrected chi connectivity index (χ3v) is 5.43. The first-order chi connectivity index (χ1) is 9.24. The first-order valence-corrected chi connectivity index (χ1v) is 8.29. The van der Waals surface area contributed by atoms with Crippen LogP contribution in [0.3, 0.4) is 0 Å². The van der Waals surface area contributed by atoms with Crippen molar-refractivity contribution in [2.24, 2.45) is 0 Å². The van der Waals surface area contributed by atoms with Gasteiger partial charge in [0.1, 0.15) is 5.01 Å². The summed E-state index contributed by atoms with van der Waals surface area (Å²) >= 11 is 5.38. The zero-order valence-electron chi connectivity index (χ0n) is 10.9. The Bertz CT molecular complexity index is 573. The van der Waals surface area contributed by atoms with Gasteiger partial charge in [-0.15, -0.1) is 11.3 Å². The number of hydrogen-bond donors (Lipinski definition) is 1.